The van der Waals surface area contributed by atoms with E-state index in [-0.39, 0.29) is 50.9 Å². The van der Waals surface area contributed by atoms with Crippen molar-refractivity contribution in [1.29, 1.82) is 0 Å². The Morgan fingerprint density at radius 3 is 0.750 bits per heavy atom. The molecule has 0 unspecified atom stereocenters. The zero-order valence-electron chi connectivity index (χ0n) is 6.25. The zero-order chi connectivity index (χ0) is 7.33. The second kappa shape index (κ2) is 12.3. The lowest BCUT2D eigenvalue weighted by Crippen LogP contribution is -3.00. The van der Waals surface area contributed by atoms with Gasteiger partial charge in [0.15, 0.2) is 0 Å². The van der Waals surface area contributed by atoms with E-state index >= 15 is 0 Å². The minimum atomic E-state index is -1.11. The molecule has 0 aliphatic heterocycles. The Morgan fingerprint density at radius 2 is 0.750 bits per heavy atom. The van der Waals surface area contributed by atoms with Crippen LogP contribution >= 0.6 is 0 Å². The molecule has 0 aliphatic rings. The van der Waals surface area contributed by atoms with Crippen molar-refractivity contribution in [3.63, 3.8) is 0 Å². The Kier molecular flexibility index (Phi) is 23.8. The molecule has 80 valence electrons. The fraction of sp³-hybridized carbons (Fsp3) is 1.00. The van der Waals surface area contributed by atoms with E-state index in [1.54, 1.807) is 0 Å². The number of aliphatic hydroxyl groups excluding tert-OH is 4. The molecule has 12 heavy (non-hydrogen) atoms. The molecule has 4 nitrogen and oxygen atoms in total. The van der Waals surface area contributed by atoms with Gasteiger partial charge in [0.2, 0.25) is 0 Å². The minimum Gasteiger partial charge on any atom is -1.00 e. The second-order valence-electron chi connectivity index (χ2n) is 2.13. The fourth-order valence-corrected chi connectivity index (χ4v) is 0.300. The highest BCUT2D eigenvalue weighted by Gasteiger charge is 2.26. The first-order valence-electron chi connectivity index (χ1n) is 2.68. The lowest BCUT2D eigenvalue weighted by Gasteiger charge is -2.23. The monoisotopic (exact) mass is 373 g/mol. The van der Waals surface area contributed by atoms with Gasteiger partial charge in [0.1, 0.15) is 0 Å². The van der Waals surface area contributed by atoms with Gasteiger partial charge in [0.05, 0.1) is 31.8 Å². The Morgan fingerprint density at radius 1 is 0.583 bits per heavy atom. The van der Waals surface area contributed by atoms with Gasteiger partial charge >= 0.3 is 0 Å². The van der Waals surface area contributed by atoms with Crippen LogP contribution in [-0.2, 0) is 0 Å². The van der Waals surface area contributed by atoms with Crippen molar-refractivity contribution in [2.45, 2.75) is 0 Å². The number of rotatable bonds is 4. The van der Waals surface area contributed by atoms with Crippen molar-refractivity contribution in [3.05, 3.63) is 0 Å². The Labute approximate surface area is 103 Å². The smallest absolute Gasteiger partial charge is 0.0627 e. The molecular weight excluding hydrogens is 364 g/mol. The van der Waals surface area contributed by atoms with E-state index in [2.05, 4.69) is 0 Å². The molecule has 0 fully saturated rings. The predicted molar refractivity (Wildman–Crippen MR) is 30.8 cm³/mol. The molecule has 0 heterocycles. The van der Waals surface area contributed by atoms with E-state index in [4.69, 9.17) is 20.4 Å². The first-order chi connectivity index (χ1) is 4.24. The molecule has 0 saturated carbocycles. The van der Waals surface area contributed by atoms with Crippen LogP contribution in [0.25, 0.3) is 0 Å². The molecule has 7 heteroatoms. The lowest BCUT2D eigenvalue weighted by molar-refractivity contribution is -0.0328. The van der Waals surface area contributed by atoms with E-state index in [0.29, 0.717) is 0 Å². The summed E-state index contributed by atoms with van der Waals surface area (Å²) < 4.78 is 0. The quantitative estimate of drug-likeness (QED) is 0.393. The minimum absolute atomic E-state index is 0. The van der Waals surface area contributed by atoms with Crippen LogP contribution in [0.1, 0.15) is 0 Å². The maximum absolute atomic E-state index is 8.50. The fourth-order valence-electron chi connectivity index (χ4n) is 0.300. The van der Waals surface area contributed by atoms with Crippen LogP contribution in [0.4, 0.5) is 0 Å². The van der Waals surface area contributed by atoms with Gasteiger partial charge in [-0.15, -0.1) is 0 Å². The normalized spacial score (nSPS) is 9.00. The standard InChI is InChI=1S/C5H12O4.3BrH/c6-1-5(2-7,3-8)4-9;;;/h6-9H,1-4H2;3*1H/p-3. The highest BCUT2D eigenvalue weighted by atomic mass is 79.9. The van der Waals surface area contributed by atoms with E-state index in [9.17, 15) is 0 Å². The third kappa shape index (κ3) is 6.76. The van der Waals surface area contributed by atoms with Gasteiger partial charge in [-0.1, -0.05) is 0 Å². The number of hydrogen-bond donors (Lipinski definition) is 4. The van der Waals surface area contributed by atoms with Gasteiger partial charge in [-0.25, -0.2) is 0 Å². The maximum atomic E-state index is 8.50. The number of halogens is 3. The predicted octanol–water partition coefficient (Wildman–Crippen LogP) is -11.0. The largest absolute Gasteiger partial charge is 1.00 e. The maximum Gasteiger partial charge on any atom is 0.0627 e. The average Bonchev–Trinajstić information content (AvgIpc) is 1.95. The molecular formula is C5H12Br3O4-3. The summed E-state index contributed by atoms with van der Waals surface area (Å²) in [6.45, 7) is -1.62. The molecule has 0 aromatic carbocycles. The van der Waals surface area contributed by atoms with Crippen LogP contribution in [0.15, 0.2) is 0 Å². The van der Waals surface area contributed by atoms with Gasteiger partial charge < -0.3 is 71.4 Å². The molecule has 4 N–H and O–H groups in total. The first-order valence-corrected chi connectivity index (χ1v) is 2.68. The average molecular weight is 376 g/mol. The number of hydrogen-bond acceptors (Lipinski definition) is 4. The van der Waals surface area contributed by atoms with E-state index < -0.39 is 31.8 Å². The van der Waals surface area contributed by atoms with Crippen LogP contribution < -0.4 is 50.9 Å². The van der Waals surface area contributed by atoms with E-state index in [1.807, 2.05) is 0 Å². The highest BCUT2D eigenvalue weighted by molar-refractivity contribution is 4.74. The SMILES string of the molecule is OCC(CO)(CO)CO.[Br-].[Br-].[Br-]. The number of aliphatic hydroxyl groups is 4. The summed E-state index contributed by atoms with van der Waals surface area (Å²) in [5.74, 6) is 0. The second-order valence-corrected chi connectivity index (χ2v) is 2.13. The molecule has 0 atom stereocenters. The van der Waals surface area contributed by atoms with Crippen molar-refractivity contribution in [2.75, 3.05) is 26.4 Å². The van der Waals surface area contributed by atoms with Crippen molar-refractivity contribution < 1.29 is 71.4 Å². The molecule has 0 spiro atoms. The molecule has 0 rings (SSSR count). The van der Waals surface area contributed by atoms with E-state index in [1.165, 1.54) is 0 Å². The molecule has 0 aromatic rings. The van der Waals surface area contributed by atoms with Crippen molar-refractivity contribution in [3.8, 4) is 0 Å². The van der Waals surface area contributed by atoms with Gasteiger partial charge in [-0.3, -0.25) is 0 Å². The van der Waals surface area contributed by atoms with Crippen LogP contribution in [-0.4, -0.2) is 46.9 Å². The highest BCUT2D eigenvalue weighted by Crippen LogP contribution is 2.11. The summed E-state index contributed by atoms with van der Waals surface area (Å²) in [6, 6.07) is 0. The molecule has 0 bridgehead atoms. The molecule has 0 aliphatic carbocycles. The third-order valence-corrected chi connectivity index (χ3v) is 1.34. The summed E-state index contributed by atoms with van der Waals surface area (Å²) >= 11 is 0. The summed E-state index contributed by atoms with van der Waals surface area (Å²) in [4.78, 5) is 0. The van der Waals surface area contributed by atoms with Crippen LogP contribution in [0.5, 0.6) is 0 Å². The van der Waals surface area contributed by atoms with Crippen LogP contribution in [0.2, 0.25) is 0 Å². The summed E-state index contributed by atoms with van der Waals surface area (Å²) in [5.41, 5.74) is -1.11. The molecule has 0 saturated heterocycles. The summed E-state index contributed by atoms with van der Waals surface area (Å²) in [7, 11) is 0. The lowest BCUT2D eigenvalue weighted by atomic mass is 9.93. The van der Waals surface area contributed by atoms with Gasteiger partial charge in [-0.2, -0.15) is 0 Å². The Hall–Kier alpha value is 1.28. The van der Waals surface area contributed by atoms with E-state index in [0.717, 1.165) is 0 Å². The Balaban J connectivity index is -0.000000107. The first kappa shape index (κ1) is 23.3. The van der Waals surface area contributed by atoms with Crippen molar-refractivity contribution >= 4 is 0 Å². The molecule has 0 aromatic heterocycles. The van der Waals surface area contributed by atoms with Crippen LogP contribution in [0.3, 0.4) is 0 Å². The summed E-state index contributed by atoms with van der Waals surface area (Å²) in [5, 5.41) is 34.0. The van der Waals surface area contributed by atoms with Gasteiger partial charge in [0.25, 0.3) is 0 Å². The molecule has 0 amide bonds. The van der Waals surface area contributed by atoms with Gasteiger partial charge in [0, 0.05) is 0 Å². The third-order valence-electron chi connectivity index (χ3n) is 1.34. The zero-order valence-corrected chi connectivity index (χ0v) is 11.0. The Bertz CT molecular complexity index is 61.6. The summed E-state index contributed by atoms with van der Waals surface area (Å²) in [6.07, 6.45) is 0. The topological polar surface area (TPSA) is 80.9 Å². The van der Waals surface area contributed by atoms with Gasteiger partial charge in [-0.05, 0) is 0 Å². The van der Waals surface area contributed by atoms with Crippen molar-refractivity contribution in [1.82, 2.24) is 0 Å². The molecule has 0 radical (unpaired) electrons. The van der Waals surface area contributed by atoms with Crippen molar-refractivity contribution in [2.24, 2.45) is 5.41 Å². The van der Waals surface area contributed by atoms with Crippen LogP contribution in [0, 0.1) is 5.41 Å².